The predicted octanol–water partition coefficient (Wildman–Crippen LogP) is -0.120. The Kier molecular flexibility index (Phi) is 2.11. The predicted molar refractivity (Wildman–Crippen MR) is 45.0 cm³/mol. The maximum atomic E-state index is 9.74. The topological polar surface area (TPSA) is 58.9 Å². The van der Waals surface area contributed by atoms with Crippen molar-refractivity contribution >= 4 is 0 Å². The van der Waals surface area contributed by atoms with E-state index in [-0.39, 0.29) is 0 Å². The third kappa shape index (κ3) is 1.13. The molecule has 1 aliphatic carbocycles. The van der Waals surface area contributed by atoms with Crippen LogP contribution in [0.15, 0.2) is 0 Å². The van der Waals surface area contributed by atoms with Crippen LogP contribution in [0.2, 0.25) is 0 Å². The van der Waals surface area contributed by atoms with Crippen molar-refractivity contribution in [3.05, 3.63) is 0 Å². The van der Waals surface area contributed by atoms with Gasteiger partial charge >= 0.3 is 0 Å². The summed E-state index contributed by atoms with van der Waals surface area (Å²) in [5.74, 6) is 0.372. The molecule has 0 aromatic heterocycles. The molecule has 0 aromatic carbocycles. The molecule has 1 aliphatic heterocycles. The van der Waals surface area contributed by atoms with Crippen molar-refractivity contribution in [2.45, 2.75) is 43.9 Å². The van der Waals surface area contributed by atoms with Gasteiger partial charge in [-0.25, -0.2) is 0 Å². The highest BCUT2D eigenvalue weighted by atomic mass is 16.7. The van der Waals surface area contributed by atoms with Crippen LogP contribution < -0.4 is 0 Å². The van der Waals surface area contributed by atoms with Crippen LogP contribution in [0.3, 0.4) is 0 Å². The number of hydrogen-bond donors (Lipinski definition) is 2. The zero-order valence-corrected chi connectivity index (χ0v) is 7.93. The molecule has 4 heteroatoms. The largest absolute Gasteiger partial charge is 0.387 e. The minimum Gasteiger partial charge on any atom is -0.387 e. The fourth-order valence-electron chi connectivity index (χ4n) is 2.30. The second kappa shape index (κ2) is 2.92. The van der Waals surface area contributed by atoms with Crippen molar-refractivity contribution in [1.29, 1.82) is 0 Å². The molecular weight excluding hydrogens is 172 g/mol. The first kappa shape index (κ1) is 9.40. The molecule has 0 bridgehead atoms. The molecule has 1 unspecified atom stereocenters. The monoisotopic (exact) mass is 188 g/mol. The molecule has 1 heterocycles. The van der Waals surface area contributed by atoms with E-state index in [0.717, 1.165) is 12.8 Å². The van der Waals surface area contributed by atoms with Gasteiger partial charge in [0.25, 0.3) is 0 Å². The van der Waals surface area contributed by atoms with Gasteiger partial charge in [0.05, 0.1) is 0 Å². The van der Waals surface area contributed by atoms with Gasteiger partial charge in [-0.2, -0.15) is 0 Å². The zero-order valence-electron chi connectivity index (χ0n) is 7.93. The Morgan fingerprint density at radius 1 is 1.54 bits per heavy atom. The van der Waals surface area contributed by atoms with E-state index in [1.807, 2.05) is 0 Å². The van der Waals surface area contributed by atoms with Crippen molar-refractivity contribution in [1.82, 2.24) is 0 Å². The molecule has 76 valence electrons. The summed E-state index contributed by atoms with van der Waals surface area (Å²) < 4.78 is 10.4. The summed E-state index contributed by atoms with van der Waals surface area (Å²) in [6.45, 7) is 2.06. The Morgan fingerprint density at radius 2 is 2.23 bits per heavy atom. The fraction of sp³-hybridized carbons (Fsp3) is 1.00. The number of aliphatic hydroxyl groups excluding tert-OH is 2. The van der Waals surface area contributed by atoms with Crippen LogP contribution in [0, 0.1) is 5.92 Å². The van der Waals surface area contributed by atoms with Crippen LogP contribution in [0.1, 0.15) is 19.8 Å². The number of rotatable bonds is 2. The smallest absolute Gasteiger partial charge is 0.186 e. The van der Waals surface area contributed by atoms with E-state index in [4.69, 9.17) is 9.47 Å². The van der Waals surface area contributed by atoms with E-state index in [1.54, 1.807) is 0 Å². The minimum absolute atomic E-state index is 0.372. The maximum Gasteiger partial charge on any atom is 0.186 e. The lowest BCUT2D eigenvalue weighted by atomic mass is 10.1. The number of hydrogen-bond acceptors (Lipinski definition) is 4. The first-order valence-corrected chi connectivity index (χ1v) is 4.72. The maximum absolute atomic E-state index is 9.74. The summed E-state index contributed by atoms with van der Waals surface area (Å²) in [5.41, 5.74) is -0.505. The van der Waals surface area contributed by atoms with E-state index in [0.29, 0.717) is 5.92 Å². The molecular formula is C9H16O4. The van der Waals surface area contributed by atoms with Gasteiger partial charge in [-0.3, -0.25) is 0 Å². The zero-order chi connectivity index (χ0) is 9.64. The highest BCUT2D eigenvalue weighted by Gasteiger charge is 2.67. The third-order valence-electron chi connectivity index (χ3n) is 3.26. The second-order valence-electron chi connectivity index (χ2n) is 3.92. The Hall–Kier alpha value is -0.160. The van der Waals surface area contributed by atoms with Gasteiger partial charge in [-0.15, -0.1) is 0 Å². The van der Waals surface area contributed by atoms with Gasteiger partial charge in [0.2, 0.25) is 0 Å². The van der Waals surface area contributed by atoms with Gasteiger partial charge in [0.15, 0.2) is 6.29 Å². The first-order chi connectivity index (χ1) is 6.15. The summed E-state index contributed by atoms with van der Waals surface area (Å²) in [6, 6.07) is 0. The minimum atomic E-state index is -0.901. The summed E-state index contributed by atoms with van der Waals surface area (Å²) in [6.07, 6.45) is -0.544. The molecule has 0 amide bonds. The summed E-state index contributed by atoms with van der Waals surface area (Å²) in [7, 11) is 1.48. The lowest BCUT2D eigenvalue weighted by Gasteiger charge is -2.13. The van der Waals surface area contributed by atoms with Gasteiger partial charge in [-0.05, 0) is 12.3 Å². The highest BCUT2D eigenvalue weighted by molar-refractivity contribution is 5.15. The quantitative estimate of drug-likeness (QED) is 0.634. The van der Waals surface area contributed by atoms with Crippen LogP contribution in [-0.2, 0) is 9.47 Å². The van der Waals surface area contributed by atoms with Crippen molar-refractivity contribution < 1.29 is 19.7 Å². The highest BCUT2D eigenvalue weighted by Crippen LogP contribution is 2.56. The van der Waals surface area contributed by atoms with Crippen molar-refractivity contribution in [2.75, 3.05) is 7.11 Å². The van der Waals surface area contributed by atoms with Crippen molar-refractivity contribution in [2.24, 2.45) is 5.92 Å². The number of ether oxygens (including phenoxy) is 2. The third-order valence-corrected chi connectivity index (χ3v) is 3.26. The molecule has 1 saturated heterocycles. The van der Waals surface area contributed by atoms with E-state index in [1.165, 1.54) is 7.11 Å². The van der Waals surface area contributed by atoms with Crippen LogP contribution in [-0.4, -0.2) is 41.4 Å². The lowest BCUT2D eigenvalue weighted by Crippen LogP contribution is -2.34. The average Bonchev–Trinajstić information content (AvgIpc) is 2.81. The number of methoxy groups -OCH3 is 1. The SMILES string of the molecule is CC[C@@H]1C[C@@]12O[C@@H](OC)C(O)[C@H]2O. The van der Waals surface area contributed by atoms with Crippen LogP contribution in [0.25, 0.3) is 0 Å². The Labute approximate surface area is 77.5 Å². The fourth-order valence-corrected chi connectivity index (χ4v) is 2.30. The molecule has 2 rings (SSSR count). The second-order valence-corrected chi connectivity index (χ2v) is 3.92. The summed E-state index contributed by atoms with van der Waals surface area (Å²) in [5, 5.41) is 19.3. The summed E-state index contributed by atoms with van der Waals surface area (Å²) in [4.78, 5) is 0. The average molecular weight is 188 g/mol. The van der Waals surface area contributed by atoms with E-state index in [2.05, 4.69) is 6.92 Å². The Balaban J connectivity index is 2.09. The normalized spacial score (nSPS) is 54.5. The molecule has 1 saturated carbocycles. The molecule has 13 heavy (non-hydrogen) atoms. The van der Waals surface area contributed by atoms with E-state index in [9.17, 15) is 10.2 Å². The molecule has 2 aliphatic rings. The van der Waals surface area contributed by atoms with E-state index < -0.39 is 24.1 Å². The van der Waals surface area contributed by atoms with Crippen molar-refractivity contribution in [3.8, 4) is 0 Å². The lowest BCUT2D eigenvalue weighted by molar-refractivity contribution is -0.156. The van der Waals surface area contributed by atoms with Gasteiger partial charge in [0.1, 0.15) is 17.8 Å². The molecule has 2 N–H and O–H groups in total. The van der Waals surface area contributed by atoms with Crippen molar-refractivity contribution in [3.63, 3.8) is 0 Å². The molecule has 5 atom stereocenters. The van der Waals surface area contributed by atoms with Gasteiger partial charge in [0, 0.05) is 7.11 Å². The van der Waals surface area contributed by atoms with Gasteiger partial charge in [-0.1, -0.05) is 13.3 Å². The van der Waals surface area contributed by atoms with Crippen LogP contribution >= 0.6 is 0 Å². The molecule has 0 aromatic rings. The molecule has 0 radical (unpaired) electrons. The van der Waals surface area contributed by atoms with Gasteiger partial charge < -0.3 is 19.7 Å². The Bertz CT molecular complexity index is 208. The Morgan fingerprint density at radius 3 is 2.62 bits per heavy atom. The summed E-state index contributed by atoms with van der Waals surface area (Å²) >= 11 is 0. The van der Waals surface area contributed by atoms with Crippen LogP contribution in [0.4, 0.5) is 0 Å². The molecule has 1 spiro atoms. The standard InChI is InChI=1S/C9H16O4/c1-3-5-4-9(5)7(11)6(10)8(12-2)13-9/h5-8,10-11H,3-4H2,1-2H3/t5-,6?,7-,8-,9-/m1/s1. The van der Waals surface area contributed by atoms with Crippen LogP contribution in [0.5, 0.6) is 0 Å². The number of aliphatic hydroxyl groups is 2. The first-order valence-electron chi connectivity index (χ1n) is 4.72. The molecule has 2 fully saturated rings. The van der Waals surface area contributed by atoms with E-state index >= 15 is 0 Å². The molecule has 4 nitrogen and oxygen atoms in total.